The van der Waals surface area contributed by atoms with Gasteiger partial charge in [-0.05, 0) is 29.3 Å². The van der Waals surface area contributed by atoms with Crippen LogP contribution in [0.5, 0.6) is 0 Å². The van der Waals surface area contributed by atoms with Crippen LogP contribution in [0.2, 0.25) is 0 Å². The summed E-state index contributed by atoms with van der Waals surface area (Å²) in [7, 11) is 3.94. The molecule has 2 aromatic rings. The highest BCUT2D eigenvalue weighted by molar-refractivity contribution is 5.90. The van der Waals surface area contributed by atoms with E-state index in [4.69, 9.17) is 0 Å². The minimum atomic E-state index is -0.0266. The summed E-state index contributed by atoms with van der Waals surface area (Å²) in [5.41, 5.74) is 3.86. The lowest BCUT2D eigenvalue weighted by molar-refractivity contribution is -0.130. The van der Waals surface area contributed by atoms with E-state index in [1.165, 1.54) is 0 Å². The predicted octanol–water partition coefficient (Wildman–Crippen LogP) is 3.65. The molecule has 0 unspecified atom stereocenters. The van der Waals surface area contributed by atoms with Crippen molar-refractivity contribution in [2.45, 2.75) is 33.4 Å². The van der Waals surface area contributed by atoms with E-state index in [-0.39, 0.29) is 11.8 Å². The molecule has 0 radical (unpaired) electrons. The van der Waals surface area contributed by atoms with Crippen LogP contribution in [0.25, 0.3) is 0 Å². The van der Waals surface area contributed by atoms with Crippen molar-refractivity contribution in [3.63, 3.8) is 0 Å². The Balaban J connectivity index is 2.28. The zero-order valence-electron chi connectivity index (χ0n) is 16.0. The van der Waals surface area contributed by atoms with Crippen LogP contribution in [0, 0.1) is 0 Å². The Labute approximate surface area is 155 Å². The molecule has 0 heterocycles. The molecule has 2 aromatic carbocycles. The molecular weight excluding hydrogens is 326 g/mol. The number of benzene rings is 2. The smallest absolute Gasteiger partial charge is 0.224 e. The third-order valence-corrected chi connectivity index (χ3v) is 4.19. The molecule has 2 rings (SSSR count). The van der Waals surface area contributed by atoms with Gasteiger partial charge in [0.1, 0.15) is 0 Å². The highest BCUT2D eigenvalue weighted by Gasteiger charge is 2.15. The lowest BCUT2D eigenvalue weighted by Crippen LogP contribution is -2.28. The summed E-state index contributed by atoms with van der Waals surface area (Å²) in [5.74, 6) is -0.0113. The number of carbonyl (C=O) groups excluding carboxylic acids is 2. The summed E-state index contributed by atoms with van der Waals surface area (Å²) >= 11 is 0. The predicted molar refractivity (Wildman–Crippen MR) is 106 cm³/mol. The molecule has 1 N–H and O–H groups in total. The number of anilines is 2. The van der Waals surface area contributed by atoms with Crippen LogP contribution in [0.1, 0.15) is 31.4 Å². The summed E-state index contributed by atoms with van der Waals surface area (Å²) < 4.78 is 0. The summed E-state index contributed by atoms with van der Waals surface area (Å²) in [6.45, 7) is 4.44. The van der Waals surface area contributed by atoms with Crippen LogP contribution in [0.3, 0.4) is 0 Å². The summed E-state index contributed by atoms with van der Waals surface area (Å²) in [6.07, 6.45) is 0.429. The van der Waals surface area contributed by atoms with Crippen LogP contribution < -0.4 is 10.2 Å². The topological polar surface area (TPSA) is 52.7 Å². The molecule has 0 saturated carbocycles. The Kier molecular flexibility index (Phi) is 6.78. The van der Waals surface area contributed by atoms with Gasteiger partial charge in [-0.1, -0.05) is 37.3 Å². The van der Waals surface area contributed by atoms with E-state index in [2.05, 4.69) is 5.32 Å². The molecule has 0 aliphatic heterocycles. The van der Waals surface area contributed by atoms with Crippen LogP contribution in [-0.2, 0) is 22.7 Å². The van der Waals surface area contributed by atoms with Gasteiger partial charge in [-0.15, -0.1) is 0 Å². The van der Waals surface area contributed by atoms with Gasteiger partial charge in [0, 0.05) is 51.9 Å². The number of nitrogens with one attached hydrogen (secondary N) is 1. The fourth-order valence-corrected chi connectivity index (χ4v) is 2.76. The highest BCUT2D eigenvalue weighted by atomic mass is 16.2. The van der Waals surface area contributed by atoms with Crippen molar-refractivity contribution in [2.75, 3.05) is 24.3 Å². The third-order valence-electron chi connectivity index (χ3n) is 4.19. The van der Waals surface area contributed by atoms with Crippen LogP contribution in [-0.4, -0.2) is 30.8 Å². The van der Waals surface area contributed by atoms with Gasteiger partial charge in [0.25, 0.3) is 0 Å². The molecule has 0 saturated heterocycles. The Morgan fingerprint density at radius 1 is 1.00 bits per heavy atom. The molecule has 0 aromatic heterocycles. The Morgan fingerprint density at radius 2 is 1.69 bits per heavy atom. The molecule has 0 atom stereocenters. The maximum atomic E-state index is 12.2. The fourth-order valence-electron chi connectivity index (χ4n) is 2.76. The van der Waals surface area contributed by atoms with Crippen molar-refractivity contribution in [3.05, 3.63) is 59.7 Å². The number of hydrogen-bond donors (Lipinski definition) is 1. The van der Waals surface area contributed by atoms with E-state index in [0.717, 1.165) is 22.5 Å². The van der Waals surface area contributed by atoms with Crippen LogP contribution >= 0.6 is 0 Å². The molecule has 26 heavy (non-hydrogen) atoms. The molecule has 5 heteroatoms. The second kappa shape index (κ2) is 9.04. The number of rotatable bonds is 7. The molecule has 0 fully saturated rings. The van der Waals surface area contributed by atoms with Gasteiger partial charge in [-0.2, -0.15) is 0 Å². The second-order valence-electron chi connectivity index (χ2n) is 6.50. The third kappa shape index (κ3) is 5.34. The van der Waals surface area contributed by atoms with Crippen molar-refractivity contribution in [1.82, 2.24) is 4.90 Å². The standard InChI is InChI=1S/C21H27N3O2/c1-5-21(26)22-19-11-12-20(23(3)4)18(13-19)15-24(16(2)25)14-17-9-7-6-8-10-17/h6-13H,5,14-15H2,1-4H3,(H,22,26). The largest absolute Gasteiger partial charge is 0.377 e. The quantitative estimate of drug-likeness (QED) is 0.827. The first kappa shape index (κ1) is 19.5. The van der Waals surface area contributed by atoms with Crippen molar-refractivity contribution < 1.29 is 9.59 Å². The maximum absolute atomic E-state index is 12.2. The normalized spacial score (nSPS) is 10.3. The van der Waals surface area contributed by atoms with Crippen LogP contribution in [0.4, 0.5) is 11.4 Å². The zero-order chi connectivity index (χ0) is 19.1. The van der Waals surface area contributed by atoms with Gasteiger partial charge >= 0.3 is 0 Å². The summed E-state index contributed by atoms with van der Waals surface area (Å²) in [5, 5.41) is 2.89. The Morgan fingerprint density at radius 3 is 2.27 bits per heavy atom. The fraction of sp³-hybridized carbons (Fsp3) is 0.333. The van der Waals surface area contributed by atoms with Gasteiger partial charge in [0.05, 0.1) is 0 Å². The van der Waals surface area contributed by atoms with E-state index in [0.29, 0.717) is 19.5 Å². The van der Waals surface area contributed by atoms with Crippen molar-refractivity contribution >= 4 is 23.2 Å². The molecule has 2 amide bonds. The molecule has 0 aliphatic rings. The Bertz CT molecular complexity index is 757. The SMILES string of the molecule is CCC(=O)Nc1ccc(N(C)C)c(CN(Cc2ccccc2)C(C)=O)c1. The highest BCUT2D eigenvalue weighted by Crippen LogP contribution is 2.25. The van der Waals surface area contributed by atoms with E-state index in [9.17, 15) is 9.59 Å². The van der Waals surface area contributed by atoms with Crippen molar-refractivity contribution in [3.8, 4) is 0 Å². The van der Waals surface area contributed by atoms with E-state index in [1.54, 1.807) is 6.92 Å². The molecule has 5 nitrogen and oxygen atoms in total. The van der Waals surface area contributed by atoms with Gasteiger partial charge in [0.2, 0.25) is 11.8 Å². The lowest BCUT2D eigenvalue weighted by Gasteiger charge is -2.25. The minimum Gasteiger partial charge on any atom is -0.377 e. The van der Waals surface area contributed by atoms with Gasteiger partial charge < -0.3 is 15.1 Å². The van der Waals surface area contributed by atoms with Crippen LogP contribution in [0.15, 0.2) is 48.5 Å². The van der Waals surface area contributed by atoms with Crippen molar-refractivity contribution in [2.24, 2.45) is 0 Å². The minimum absolute atomic E-state index is 0.0153. The molecule has 0 bridgehead atoms. The summed E-state index contributed by atoms with van der Waals surface area (Å²) in [6, 6.07) is 15.7. The average Bonchev–Trinajstić information content (AvgIpc) is 2.61. The van der Waals surface area contributed by atoms with Gasteiger partial charge in [-0.25, -0.2) is 0 Å². The number of nitrogens with zero attached hydrogens (tertiary/aromatic N) is 2. The number of carbonyl (C=O) groups is 2. The molecule has 138 valence electrons. The Hall–Kier alpha value is -2.82. The molecule has 0 spiro atoms. The average molecular weight is 353 g/mol. The monoisotopic (exact) mass is 353 g/mol. The maximum Gasteiger partial charge on any atom is 0.224 e. The summed E-state index contributed by atoms with van der Waals surface area (Å²) in [4.78, 5) is 27.7. The number of hydrogen-bond acceptors (Lipinski definition) is 3. The van der Waals surface area contributed by atoms with E-state index >= 15 is 0 Å². The van der Waals surface area contributed by atoms with Gasteiger partial charge in [0.15, 0.2) is 0 Å². The van der Waals surface area contributed by atoms with E-state index < -0.39 is 0 Å². The van der Waals surface area contributed by atoms with Gasteiger partial charge in [-0.3, -0.25) is 9.59 Å². The first-order chi connectivity index (χ1) is 12.4. The first-order valence-electron chi connectivity index (χ1n) is 8.80. The number of amides is 2. The second-order valence-corrected chi connectivity index (χ2v) is 6.50. The zero-order valence-corrected chi connectivity index (χ0v) is 16.0. The molecule has 0 aliphatic carbocycles. The first-order valence-corrected chi connectivity index (χ1v) is 8.80. The van der Waals surface area contributed by atoms with E-state index in [1.807, 2.05) is 79.3 Å². The van der Waals surface area contributed by atoms with Crippen molar-refractivity contribution in [1.29, 1.82) is 0 Å². The lowest BCUT2D eigenvalue weighted by atomic mass is 10.1. The molecular formula is C21H27N3O2.